The summed E-state index contributed by atoms with van der Waals surface area (Å²) in [4.78, 5) is 0. The summed E-state index contributed by atoms with van der Waals surface area (Å²) in [7, 11) is 0. The predicted molar refractivity (Wildman–Crippen MR) is 93.2 cm³/mol. The molecule has 0 heterocycles. The molecule has 0 bridgehead atoms. The number of hydrogen-bond acceptors (Lipinski definition) is 4. The molecule has 3 rings (SSSR count). The molecule has 4 nitrogen and oxygen atoms in total. The zero-order chi connectivity index (χ0) is 17.9. The Morgan fingerprint density at radius 2 is 1.79 bits per heavy atom. The first-order valence-electron chi connectivity index (χ1n) is 9.44. The van der Waals surface area contributed by atoms with Gasteiger partial charge in [0.1, 0.15) is 0 Å². The SMILES string of the molecule is CC1(C)[C@H](O)CC[C@]2(C)[C@H]3CC[C@@](C)([C@@H](O)CO)C=C3[C@@H](O)C[C@@H]12. The van der Waals surface area contributed by atoms with Gasteiger partial charge in [0.2, 0.25) is 0 Å². The second-order valence-electron chi connectivity index (χ2n) is 9.63. The topological polar surface area (TPSA) is 80.9 Å². The van der Waals surface area contributed by atoms with Crippen LogP contribution in [0.3, 0.4) is 0 Å². The van der Waals surface area contributed by atoms with Crippen LogP contribution in [0.1, 0.15) is 59.8 Å². The molecule has 3 aliphatic rings. The minimum atomic E-state index is -0.784. The van der Waals surface area contributed by atoms with Gasteiger partial charge in [-0.25, -0.2) is 0 Å². The smallest absolute Gasteiger partial charge is 0.0858 e. The summed E-state index contributed by atoms with van der Waals surface area (Å²) in [6, 6.07) is 0. The van der Waals surface area contributed by atoms with Crippen LogP contribution in [0.4, 0.5) is 0 Å². The Morgan fingerprint density at radius 3 is 2.42 bits per heavy atom. The van der Waals surface area contributed by atoms with Gasteiger partial charge in [0.05, 0.1) is 24.9 Å². The molecule has 7 atom stereocenters. The molecule has 0 spiro atoms. The molecule has 0 aromatic heterocycles. The van der Waals surface area contributed by atoms with Crippen LogP contribution in [0.25, 0.3) is 0 Å². The second-order valence-corrected chi connectivity index (χ2v) is 9.63. The lowest BCUT2D eigenvalue weighted by molar-refractivity contribution is -0.145. The molecule has 0 aliphatic heterocycles. The summed E-state index contributed by atoms with van der Waals surface area (Å²) < 4.78 is 0. The molecule has 3 aliphatic carbocycles. The van der Waals surface area contributed by atoms with Crippen molar-refractivity contribution in [2.24, 2.45) is 28.1 Å². The average molecular weight is 338 g/mol. The predicted octanol–water partition coefficient (Wildman–Crippen LogP) is 2.25. The van der Waals surface area contributed by atoms with Crippen molar-refractivity contribution in [1.29, 1.82) is 0 Å². The minimum absolute atomic E-state index is 0.0826. The highest BCUT2D eigenvalue weighted by atomic mass is 16.3. The van der Waals surface area contributed by atoms with Crippen molar-refractivity contribution < 1.29 is 20.4 Å². The van der Waals surface area contributed by atoms with Crippen LogP contribution >= 0.6 is 0 Å². The number of hydrogen-bond donors (Lipinski definition) is 4. The quantitative estimate of drug-likeness (QED) is 0.582. The van der Waals surface area contributed by atoms with E-state index in [0.717, 1.165) is 31.3 Å². The van der Waals surface area contributed by atoms with Gasteiger partial charge in [0, 0.05) is 5.41 Å². The molecule has 4 N–H and O–H groups in total. The molecule has 0 aromatic rings. The van der Waals surface area contributed by atoms with E-state index in [1.54, 1.807) is 0 Å². The third-order valence-corrected chi connectivity index (χ3v) is 7.95. The monoisotopic (exact) mass is 338 g/mol. The van der Waals surface area contributed by atoms with Gasteiger partial charge in [0.25, 0.3) is 0 Å². The molecule has 24 heavy (non-hydrogen) atoms. The van der Waals surface area contributed by atoms with Crippen molar-refractivity contribution in [3.63, 3.8) is 0 Å². The van der Waals surface area contributed by atoms with Gasteiger partial charge in [-0.2, -0.15) is 0 Å². The van der Waals surface area contributed by atoms with Crippen LogP contribution in [0, 0.1) is 28.1 Å². The Morgan fingerprint density at radius 1 is 1.12 bits per heavy atom. The highest BCUT2D eigenvalue weighted by molar-refractivity contribution is 5.28. The number of aliphatic hydroxyl groups is 4. The molecule has 2 saturated carbocycles. The molecule has 0 saturated heterocycles. The van der Waals surface area contributed by atoms with Gasteiger partial charge in [-0.1, -0.05) is 33.8 Å². The lowest BCUT2D eigenvalue weighted by Gasteiger charge is -2.62. The average Bonchev–Trinajstić information content (AvgIpc) is 2.53. The maximum Gasteiger partial charge on any atom is 0.0858 e. The van der Waals surface area contributed by atoms with E-state index < -0.39 is 17.6 Å². The van der Waals surface area contributed by atoms with Gasteiger partial charge in [-0.3, -0.25) is 0 Å². The van der Waals surface area contributed by atoms with E-state index in [1.807, 2.05) is 6.92 Å². The van der Waals surface area contributed by atoms with Crippen LogP contribution in [-0.4, -0.2) is 45.3 Å². The van der Waals surface area contributed by atoms with Crippen molar-refractivity contribution in [3.05, 3.63) is 11.6 Å². The molecular formula is C20H34O4. The zero-order valence-corrected chi connectivity index (χ0v) is 15.5. The maximum atomic E-state index is 10.9. The minimum Gasteiger partial charge on any atom is -0.394 e. The van der Waals surface area contributed by atoms with Crippen LogP contribution in [-0.2, 0) is 0 Å². The standard InChI is InChI=1S/C20H34O4/c1-18(2)15-9-14(22)12-10-19(3,17(24)11-21)7-5-13(12)20(15,4)8-6-16(18)23/h10,13-17,21-24H,5-9,11H2,1-4H3/t13-,14-,15-,16+,17-,19+,20+/m0/s1. The molecule has 4 heteroatoms. The largest absolute Gasteiger partial charge is 0.394 e. The molecule has 0 radical (unpaired) electrons. The zero-order valence-electron chi connectivity index (χ0n) is 15.5. The first-order valence-corrected chi connectivity index (χ1v) is 9.44. The Balaban J connectivity index is 2.00. The normalized spacial score (nSPS) is 48.9. The van der Waals surface area contributed by atoms with Crippen molar-refractivity contribution in [1.82, 2.24) is 0 Å². The van der Waals surface area contributed by atoms with Crippen LogP contribution in [0.2, 0.25) is 0 Å². The third kappa shape index (κ3) is 2.49. The Bertz CT molecular complexity index is 528. The van der Waals surface area contributed by atoms with E-state index in [1.165, 1.54) is 0 Å². The number of fused-ring (bicyclic) bond motifs is 3. The molecule has 0 unspecified atom stereocenters. The van der Waals surface area contributed by atoms with Gasteiger partial charge in [-0.15, -0.1) is 0 Å². The van der Waals surface area contributed by atoms with Crippen LogP contribution in [0.5, 0.6) is 0 Å². The van der Waals surface area contributed by atoms with E-state index in [4.69, 9.17) is 0 Å². The van der Waals surface area contributed by atoms with Crippen molar-refractivity contribution in [2.75, 3.05) is 6.61 Å². The van der Waals surface area contributed by atoms with Gasteiger partial charge in [0.15, 0.2) is 0 Å². The second kappa shape index (κ2) is 5.80. The molecule has 0 amide bonds. The first kappa shape index (κ1) is 18.4. The number of aliphatic hydroxyl groups excluding tert-OH is 4. The van der Waals surface area contributed by atoms with E-state index in [9.17, 15) is 20.4 Å². The van der Waals surface area contributed by atoms with Crippen molar-refractivity contribution in [2.45, 2.75) is 78.1 Å². The molecular weight excluding hydrogens is 304 g/mol. The maximum absolute atomic E-state index is 10.9. The van der Waals surface area contributed by atoms with Crippen molar-refractivity contribution >= 4 is 0 Å². The fourth-order valence-corrected chi connectivity index (χ4v) is 6.11. The first-order chi connectivity index (χ1) is 11.1. The summed E-state index contributed by atoms with van der Waals surface area (Å²) in [5, 5.41) is 41.0. The van der Waals surface area contributed by atoms with E-state index in [0.29, 0.717) is 12.3 Å². The summed E-state index contributed by atoms with van der Waals surface area (Å²) in [5.74, 6) is 0.593. The summed E-state index contributed by atoms with van der Waals surface area (Å²) in [6.07, 6.45) is 4.68. The summed E-state index contributed by atoms with van der Waals surface area (Å²) in [6.45, 7) is 8.35. The lowest BCUT2D eigenvalue weighted by Crippen LogP contribution is -2.58. The highest BCUT2D eigenvalue weighted by Gasteiger charge is 2.59. The Labute approximate surface area is 145 Å². The fraction of sp³-hybridized carbons (Fsp3) is 0.900. The summed E-state index contributed by atoms with van der Waals surface area (Å²) >= 11 is 0. The lowest BCUT2D eigenvalue weighted by atomic mass is 9.44. The van der Waals surface area contributed by atoms with Crippen molar-refractivity contribution in [3.8, 4) is 0 Å². The van der Waals surface area contributed by atoms with Gasteiger partial charge >= 0.3 is 0 Å². The van der Waals surface area contributed by atoms with E-state index in [-0.39, 0.29) is 29.5 Å². The third-order valence-electron chi connectivity index (χ3n) is 7.95. The van der Waals surface area contributed by atoms with Crippen LogP contribution < -0.4 is 0 Å². The Kier molecular flexibility index (Phi) is 4.44. The molecule has 2 fully saturated rings. The Hall–Kier alpha value is -0.420. The fourth-order valence-electron chi connectivity index (χ4n) is 6.11. The number of rotatable bonds is 2. The van der Waals surface area contributed by atoms with Crippen LogP contribution in [0.15, 0.2) is 11.6 Å². The molecule has 0 aromatic carbocycles. The van der Waals surface area contributed by atoms with Gasteiger partial charge < -0.3 is 20.4 Å². The summed E-state index contributed by atoms with van der Waals surface area (Å²) in [5.41, 5.74) is 0.487. The molecule has 138 valence electrons. The van der Waals surface area contributed by atoms with Gasteiger partial charge in [-0.05, 0) is 60.3 Å². The highest BCUT2D eigenvalue weighted by Crippen LogP contribution is 2.63. The van der Waals surface area contributed by atoms with E-state index in [2.05, 4.69) is 26.8 Å². The van der Waals surface area contributed by atoms with E-state index >= 15 is 0 Å².